The van der Waals surface area contributed by atoms with Crippen LogP contribution in [0.5, 0.6) is 0 Å². The van der Waals surface area contributed by atoms with Crippen molar-refractivity contribution < 1.29 is 0 Å². The van der Waals surface area contributed by atoms with Crippen molar-refractivity contribution in [2.75, 3.05) is 39.8 Å². The van der Waals surface area contributed by atoms with Gasteiger partial charge in [0.05, 0.1) is 0 Å². The van der Waals surface area contributed by atoms with Crippen molar-refractivity contribution in [3.8, 4) is 0 Å². The molecule has 2 aliphatic heterocycles. The quantitative estimate of drug-likeness (QED) is 0.860. The lowest BCUT2D eigenvalue weighted by molar-refractivity contribution is 0.00841. The van der Waals surface area contributed by atoms with Crippen LogP contribution in [0.1, 0.15) is 58.8 Å². The molecule has 0 aliphatic carbocycles. The van der Waals surface area contributed by atoms with Crippen LogP contribution in [0.4, 0.5) is 0 Å². The van der Waals surface area contributed by atoms with Crippen LogP contribution < -0.4 is 5.73 Å². The third-order valence-corrected chi connectivity index (χ3v) is 6.52. The highest BCUT2D eigenvalue weighted by atomic mass is 15.2. The van der Waals surface area contributed by atoms with E-state index in [-0.39, 0.29) is 0 Å². The number of rotatable bonds is 4. The molecule has 2 saturated heterocycles. The molecule has 2 rings (SSSR count). The molecule has 0 radical (unpaired) electrons. The summed E-state index contributed by atoms with van der Waals surface area (Å²) in [5.41, 5.74) is 7.17. The molecule has 0 aromatic carbocycles. The lowest BCUT2D eigenvalue weighted by atomic mass is 9.72. The van der Waals surface area contributed by atoms with Crippen LogP contribution in [0.2, 0.25) is 0 Å². The van der Waals surface area contributed by atoms with Crippen LogP contribution in [0.3, 0.4) is 0 Å². The second-order valence-corrected chi connectivity index (χ2v) is 7.28. The number of nitrogens with two attached hydrogens (primary N) is 1. The summed E-state index contributed by atoms with van der Waals surface area (Å²) in [7, 11) is 2.25. The molecule has 3 nitrogen and oxygen atoms in total. The maximum atomic E-state index is 6.26. The number of hydrogen-bond acceptors (Lipinski definition) is 3. The van der Waals surface area contributed by atoms with Crippen molar-refractivity contribution in [2.45, 2.75) is 64.3 Å². The summed E-state index contributed by atoms with van der Waals surface area (Å²) in [4.78, 5) is 5.24. The molecule has 2 fully saturated rings. The molecule has 0 aromatic heterocycles. The molecule has 118 valence electrons. The van der Waals surface area contributed by atoms with Crippen LogP contribution >= 0.6 is 0 Å². The molecule has 2 N–H and O–H groups in total. The van der Waals surface area contributed by atoms with Gasteiger partial charge in [-0.25, -0.2) is 0 Å². The molecule has 3 heteroatoms. The minimum Gasteiger partial charge on any atom is -0.329 e. The van der Waals surface area contributed by atoms with Crippen molar-refractivity contribution in [1.29, 1.82) is 0 Å². The van der Waals surface area contributed by atoms with Crippen LogP contribution in [0.15, 0.2) is 0 Å². The normalized spacial score (nSPS) is 33.0. The molecule has 0 bridgehead atoms. The molecule has 20 heavy (non-hydrogen) atoms. The van der Waals surface area contributed by atoms with Crippen molar-refractivity contribution >= 4 is 0 Å². The average molecular weight is 281 g/mol. The first-order valence-corrected chi connectivity index (χ1v) is 8.73. The zero-order chi connectivity index (χ0) is 14.6. The molecule has 0 spiro atoms. The fourth-order valence-corrected chi connectivity index (χ4v) is 4.38. The summed E-state index contributed by atoms with van der Waals surface area (Å²) in [6.07, 6.45) is 9.28. The first-order chi connectivity index (χ1) is 9.60. The second kappa shape index (κ2) is 6.76. The first-order valence-electron chi connectivity index (χ1n) is 8.73. The Morgan fingerprint density at radius 1 is 0.900 bits per heavy atom. The number of nitrogens with zero attached hydrogens (tertiary/aromatic N) is 2. The second-order valence-electron chi connectivity index (χ2n) is 7.28. The van der Waals surface area contributed by atoms with E-state index < -0.39 is 0 Å². The van der Waals surface area contributed by atoms with Gasteiger partial charge in [-0.05, 0) is 70.7 Å². The minimum absolute atomic E-state index is 0.290. The van der Waals surface area contributed by atoms with Gasteiger partial charge in [0.2, 0.25) is 0 Å². The highest BCUT2D eigenvalue weighted by Gasteiger charge is 2.41. The van der Waals surface area contributed by atoms with Gasteiger partial charge in [0.1, 0.15) is 0 Å². The molecule has 2 heterocycles. The van der Waals surface area contributed by atoms with Crippen LogP contribution in [-0.2, 0) is 0 Å². The molecule has 1 unspecified atom stereocenters. The molecule has 1 atom stereocenters. The van der Waals surface area contributed by atoms with Crippen LogP contribution in [0.25, 0.3) is 0 Å². The van der Waals surface area contributed by atoms with E-state index in [1.165, 1.54) is 71.1 Å². The fraction of sp³-hybridized carbons (Fsp3) is 1.00. The molecule has 0 saturated carbocycles. The predicted molar refractivity (Wildman–Crippen MR) is 87.0 cm³/mol. The molecule has 0 aromatic rings. The Morgan fingerprint density at radius 3 is 2.10 bits per heavy atom. The van der Waals surface area contributed by atoms with Gasteiger partial charge in [-0.15, -0.1) is 0 Å². The lowest BCUT2D eigenvalue weighted by Gasteiger charge is -2.50. The minimum atomic E-state index is 0.290. The Balaban J connectivity index is 2.02. The van der Waals surface area contributed by atoms with E-state index in [9.17, 15) is 0 Å². The maximum absolute atomic E-state index is 6.26. The standard InChI is InChI=1S/C17H35N3/c1-4-16(5-2)8-13-20(14-9-16)17(15-18)7-6-11-19(3)12-10-17/h4-15,18H2,1-3H3. The number of piperidine rings is 1. The Hall–Kier alpha value is -0.120. The van der Waals surface area contributed by atoms with Gasteiger partial charge in [0.15, 0.2) is 0 Å². The molecular weight excluding hydrogens is 246 g/mol. The van der Waals surface area contributed by atoms with Crippen LogP contribution in [0, 0.1) is 5.41 Å². The van der Waals surface area contributed by atoms with E-state index in [1.54, 1.807) is 0 Å². The maximum Gasteiger partial charge on any atom is 0.0344 e. The van der Waals surface area contributed by atoms with Gasteiger partial charge in [0.25, 0.3) is 0 Å². The third kappa shape index (κ3) is 3.20. The Labute approximate surface area is 125 Å². The monoisotopic (exact) mass is 281 g/mol. The third-order valence-electron chi connectivity index (χ3n) is 6.52. The van der Waals surface area contributed by atoms with E-state index in [0.717, 1.165) is 6.54 Å². The zero-order valence-electron chi connectivity index (χ0n) is 14.0. The van der Waals surface area contributed by atoms with E-state index in [2.05, 4.69) is 30.7 Å². The lowest BCUT2D eigenvalue weighted by Crippen LogP contribution is -2.57. The fourth-order valence-electron chi connectivity index (χ4n) is 4.38. The summed E-state index contributed by atoms with van der Waals surface area (Å²) in [6.45, 7) is 10.6. The zero-order valence-corrected chi connectivity index (χ0v) is 14.0. The summed E-state index contributed by atoms with van der Waals surface area (Å²) in [6, 6.07) is 0. The Bertz CT molecular complexity index is 291. The highest BCUT2D eigenvalue weighted by Crippen LogP contribution is 2.41. The van der Waals surface area contributed by atoms with Gasteiger partial charge < -0.3 is 10.6 Å². The van der Waals surface area contributed by atoms with E-state index >= 15 is 0 Å². The number of likely N-dealkylation sites (tertiary alicyclic amines) is 2. The SMILES string of the molecule is CCC1(CC)CCN(C2(CN)CCCN(C)CC2)CC1. The topological polar surface area (TPSA) is 32.5 Å². The number of hydrogen-bond donors (Lipinski definition) is 1. The summed E-state index contributed by atoms with van der Waals surface area (Å²) in [5, 5.41) is 0. The van der Waals surface area contributed by atoms with Gasteiger partial charge in [-0.2, -0.15) is 0 Å². The van der Waals surface area contributed by atoms with Crippen molar-refractivity contribution in [1.82, 2.24) is 9.80 Å². The highest BCUT2D eigenvalue weighted by molar-refractivity contribution is 4.97. The smallest absolute Gasteiger partial charge is 0.0344 e. The predicted octanol–water partition coefficient (Wildman–Crippen LogP) is 2.70. The summed E-state index contributed by atoms with van der Waals surface area (Å²) < 4.78 is 0. The Kier molecular flexibility index (Phi) is 5.49. The van der Waals surface area contributed by atoms with Gasteiger partial charge in [0, 0.05) is 12.1 Å². The van der Waals surface area contributed by atoms with Gasteiger partial charge >= 0.3 is 0 Å². The summed E-state index contributed by atoms with van der Waals surface area (Å²) in [5.74, 6) is 0. The first kappa shape index (κ1) is 16.3. The van der Waals surface area contributed by atoms with Crippen LogP contribution in [-0.4, -0.2) is 55.1 Å². The van der Waals surface area contributed by atoms with Crippen molar-refractivity contribution in [2.24, 2.45) is 11.1 Å². The molecule has 2 aliphatic rings. The largest absolute Gasteiger partial charge is 0.329 e. The average Bonchev–Trinajstić information content (AvgIpc) is 2.70. The van der Waals surface area contributed by atoms with E-state index in [4.69, 9.17) is 5.73 Å². The van der Waals surface area contributed by atoms with E-state index in [1.807, 2.05) is 0 Å². The van der Waals surface area contributed by atoms with Gasteiger partial charge in [-0.1, -0.05) is 26.7 Å². The van der Waals surface area contributed by atoms with Crippen molar-refractivity contribution in [3.05, 3.63) is 0 Å². The van der Waals surface area contributed by atoms with E-state index in [0.29, 0.717) is 11.0 Å². The molecule has 0 amide bonds. The van der Waals surface area contributed by atoms with Gasteiger partial charge in [-0.3, -0.25) is 4.90 Å². The summed E-state index contributed by atoms with van der Waals surface area (Å²) >= 11 is 0. The Morgan fingerprint density at radius 2 is 1.55 bits per heavy atom. The molecular formula is C17H35N3. The van der Waals surface area contributed by atoms with Crippen molar-refractivity contribution in [3.63, 3.8) is 0 Å².